The smallest absolute Gasteiger partial charge is 0.230 e. The number of amides is 1. The van der Waals surface area contributed by atoms with E-state index in [1.54, 1.807) is 44.3 Å². The van der Waals surface area contributed by atoms with Gasteiger partial charge in [-0.3, -0.25) is 9.78 Å². The third-order valence-corrected chi connectivity index (χ3v) is 5.37. The van der Waals surface area contributed by atoms with Gasteiger partial charge in [0.25, 0.3) is 0 Å². The molecule has 0 aliphatic rings. The Bertz CT molecular complexity index is 942. The average Bonchev–Trinajstić information content (AvgIpc) is 2.65. The Morgan fingerprint density at radius 3 is 2.50 bits per heavy atom. The minimum absolute atomic E-state index is 0.0671. The van der Waals surface area contributed by atoms with Gasteiger partial charge >= 0.3 is 0 Å². The molecule has 2 rings (SSSR count). The van der Waals surface area contributed by atoms with Crippen LogP contribution in [0.3, 0.4) is 0 Å². The molecule has 0 aliphatic heterocycles. The summed E-state index contributed by atoms with van der Waals surface area (Å²) in [4.78, 5) is 16.8. The first kappa shape index (κ1) is 19.3. The van der Waals surface area contributed by atoms with E-state index in [1.165, 1.54) is 12.1 Å². The lowest BCUT2D eigenvalue weighted by Gasteiger charge is -2.24. The van der Waals surface area contributed by atoms with Gasteiger partial charge in [-0.1, -0.05) is 18.2 Å². The summed E-state index contributed by atoms with van der Waals surface area (Å²) in [5.74, 6) is -0.192. The maximum Gasteiger partial charge on any atom is 0.230 e. The third kappa shape index (κ3) is 4.55. The van der Waals surface area contributed by atoms with Gasteiger partial charge in [0.1, 0.15) is 0 Å². The number of hydrogen-bond donors (Lipinski definition) is 1. The Labute approximate surface area is 153 Å². The SMILES string of the molecule is CC(C)(C(=O)NCc1ccccn1)c1ccc(S(=O)(=O)/C=C/C#N)cc1. The topological polar surface area (TPSA) is 99.9 Å². The zero-order valence-electron chi connectivity index (χ0n) is 14.5. The van der Waals surface area contributed by atoms with Crippen LogP contribution in [0.25, 0.3) is 0 Å². The van der Waals surface area contributed by atoms with Crippen LogP contribution >= 0.6 is 0 Å². The summed E-state index contributed by atoms with van der Waals surface area (Å²) in [7, 11) is -3.66. The maximum absolute atomic E-state index is 12.6. The van der Waals surface area contributed by atoms with Crippen molar-refractivity contribution in [2.45, 2.75) is 30.7 Å². The Hall–Kier alpha value is -2.98. The van der Waals surface area contributed by atoms with Crippen molar-refractivity contribution in [1.82, 2.24) is 10.3 Å². The summed E-state index contributed by atoms with van der Waals surface area (Å²) in [5, 5.41) is 12.2. The summed E-state index contributed by atoms with van der Waals surface area (Å²) >= 11 is 0. The number of nitrogens with one attached hydrogen (secondary N) is 1. The number of sulfone groups is 1. The number of rotatable bonds is 6. The molecule has 0 saturated carbocycles. The molecule has 2 aromatic rings. The number of allylic oxidation sites excluding steroid dienone is 1. The number of hydrogen-bond acceptors (Lipinski definition) is 5. The molecular formula is C19H19N3O3S. The van der Waals surface area contributed by atoms with Gasteiger partial charge in [0.15, 0.2) is 0 Å². The predicted octanol–water partition coefficient (Wildman–Crippen LogP) is 2.49. The van der Waals surface area contributed by atoms with E-state index in [9.17, 15) is 13.2 Å². The first-order chi connectivity index (χ1) is 12.3. The van der Waals surface area contributed by atoms with Crippen LogP contribution in [0.4, 0.5) is 0 Å². The largest absolute Gasteiger partial charge is 0.350 e. The fourth-order valence-electron chi connectivity index (χ4n) is 2.29. The van der Waals surface area contributed by atoms with Gasteiger partial charge in [-0.2, -0.15) is 5.26 Å². The molecular weight excluding hydrogens is 350 g/mol. The quantitative estimate of drug-likeness (QED) is 0.789. The van der Waals surface area contributed by atoms with Gasteiger partial charge in [0.2, 0.25) is 15.7 Å². The highest BCUT2D eigenvalue weighted by Gasteiger charge is 2.29. The molecule has 0 fully saturated rings. The number of aromatic nitrogens is 1. The number of carbonyl (C=O) groups excluding carboxylic acids is 1. The van der Waals surface area contributed by atoms with Crippen molar-refractivity contribution >= 4 is 15.7 Å². The molecule has 0 atom stereocenters. The molecule has 0 bridgehead atoms. The zero-order chi connectivity index (χ0) is 19.2. The van der Waals surface area contributed by atoms with Crippen LogP contribution in [0.5, 0.6) is 0 Å². The van der Waals surface area contributed by atoms with E-state index in [4.69, 9.17) is 5.26 Å². The minimum atomic E-state index is -3.66. The Morgan fingerprint density at radius 1 is 1.23 bits per heavy atom. The fraction of sp³-hybridized carbons (Fsp3) is 0.211. The van der Waals surface area contributed by atoms with Crippen LogP contribution in [0, 0.1) is 11.3 Å². The highest BCUT2D eigenvalue weighted by molar-refractivity contribution is 7.94. The lowest BCUT2D eigenvalue weighted by Crippen LogP contribution is -2.39. The minimum Gasteiger partial charge on any atom is -0.350 e. The standard InChI is InChI=1S/C19H19N3O3S/c1-19(2,18(23)22-14-16-6-3-4-12-21-16)15-7-9-17(10-8-15)26(24,25)13-5-11-20/h3-10,12-13H,14H2,1-2H3,(H,22,23)/b13-5+. The normalized spacial score (nSPS) is 11.9. The molecule has 134 valence electrons. The van der Waals surface area contributed by atoms with Crippen LogP contribution in [0.15, 0.2) is 65.0 Å². The van der Waals surface area contributed by atoms with E-state index in [1.807, 2.05) is 12.1 Å². The van der Waals surface area contributed by atoms with E-state index in [-0.39, 0.29) is 10.8 Å². The van der Waals surface area contributed by atoms with Crippen molar-refractivity contribution < 1.29 is 13.2 Å². The second kappa shape index (κ2) is 7.93. The molecule has 0 spiro atoms. The van der Waals surface area contributed by atoms with Crippen molar-refractivity contribution in [2.75, 3.05) is 0 Å². The van der Waals surface area contributed by atoms with Gasteiger partial charge < -0.3 is 5.32 Å². The summed E-state index contributed by atoms with van der Waals surface area (Å²) in [5.41, 5.74) is 0.584. The molecule has 0 aliphatic carbocycles. The van der Waals surface area contributed by atoms with Gasteiger partial charge in [-0.05, 0) is 43.7 Å². The van der Waals surface area contributed by atoms with Gasteiger partial charge in [0.05, 0.1) is 28.6 Å². The molecule has 26 heavy (non-hydrogen) atoms. The molecule has 1 N–H and O–H groups in total. The van der Waals surface area contributed by atoms with Crippen molar-refractivity contribution in [3.63, 3.8) is 0 Å². The maximum atomic E-state index is 12.6. The highest BCUT2D eigenvalue weighted by Crippen LogP contribution is 2.25. The third-order valence-electron chi connectivity index (χ3n) is 3.95. The molecule has 0 unspecified atom stereocenters. The molecule has 1 heterocycles. The number of nitriles is 1. The van der Waals surface area contributed by atoms with E-state index in [0.717, 1.165) is 17.2 Å². The first-order valence-corrected chi connectivity index (χ1v) is 9.42. The summed E-state index contributed by atoms with van der Waals surface area (Å²) in [6.45, 7) is 3.84. The van der Waals surface area contributed by atoms with Crippen LogP contribution in [0.1, 0.15) is 25.1 Å². The van der Waals surface area contributed by atoms with Crippen LogP contribution in [-0.4, -0.2) is 19.3 Å². The van der Waals surface area contributed by atoms with Crippen LogP contribution < -0.4 is 5.32 Å². The molecule has 7 heteroatoms. The monoisotopic (exact) mass is 369 g/mol. The zero-order valence-corrected chi connectivity index (χ0v) is 15.3. The Balaban J connectivity index is 2.14. The predicted molar refractivity (Wildman–Crippen MR) is 97.5 cm³/mol. The van der Waals surface area contributed by atoms with Crippen LogP contribution in [-0.2, 0) is 26.6 Å². The number of carbonyl (C=O) groups is 1. The Morgan fingerprint density at radius 2 is 1.92 bits per heavy atom. The van der Waals surface area contributed by atoms with Gasteiger partial charge in [-0.25, -0.2) is 8.42 Å². The average molecular weight is 369 g/mol. The second-order valence-corrected chi connectivity index (χ2v) is 7.96. The number of pyridine rings is 1. The van der Waals surface area contributed by atoms with E-state index < -0.39 is 15.3 Å². The highest BCUT2D eigenvalue weighted by atomic mass is 32.2. The van der Waals surface area contributed by atoms with E-state index >= 15 is 0 Å². The molecule has 0 saturated heterocycles. The summed E-state index contributed by atoms with van der Waals surface area (Å²) < 4.78 is 24.0. The molecule has 0 radical (unpaired) electrons. The first-order valence-electron chi connectivity index (χ1n) is 7.87. The van der Waals surface area contributed by atoms with E-state index in [2.05, 4.69) is 10.3 Å². The van der Waals surface area contributed by atoms with Gasteiger partial charge in [0, 0.05) is 17.7 Å². The Kier molecular flexibility index (Phi) is 5.90. The van der Waals surface area contributed by atoms with Crippen LogP contribution in [0.2, 0.25) is 0 Å². The fourth-order valence-corrected chi connectivity index (χ4v) is 3.20. The lowest BCUT2D eigenvalue weighted by atomic mass is 9.84. The summed E-state index contributed by atoms with van der Waals surface area (Å²) in [6, 6.07) is 13.2. The van der Waals surface area contributed by atoms with Crippen molar-refractivity contribution in [3.05, 3.63) is 71.4 Å². The second-order valence-electron chi connectivity index (χ2n) is 6.13. The molecule has 1 aromatic carbocycles. The molecule has 1 amide bonds. The van der Waals surface area contributed by atoms with Crippen molar-refractivity contribution in [2.24, 2.45) is 0 Å². The molecule has 1 aromatic heterocycles. The molecule has 6 nitrogen and oxygen atoms in total. The lowest BCUT2D eigenvalue weighted by molar-refractivity contribution is -0.125. The van der Waals surface area contributed by atoms with E-state index in [0.29, 0.717) is 12.1 Å². The van der Waals surface area contributed by atoms with Crippen molar-refractivity contribution in [1.29, 1.82) is 5.26 Å². The number of benzene rings is 1. The summed E-state index contributed by atoms with van der Waals surface area (Å²) in [6.07, 6.45) is 2.57. The number of nitrogens with zero attached hydrogens (tertiary/aromatic N) is 2. The van der Waals surface area contributed by atoms with Gasteiger partial charge in [-0.15, -0.1) is 0 Å². The van der Waals surface area contributed by atoms with Crippen molar-refractivity contribution in [3.8, 4) is 6.07 Å².